The average molecular weight is 368 g/mol. The lowest BCUT2D eigenvalue weighted by atomic mass is 9.73. The van der Waals surface area contributed by atoms with Crippen LogP contribution >= 0.6 is 0 Å². The van der Waals surface area contributed by atoms with E-state index in [1.54, 1.807) is 24.3 Å². The molecule has 2 unspecified atom stereocenters. The molecule has 0 saturated carbocycles. The van der Waals surface area contributed by atoms with Crippen LogP contribution in [0.2, 0.25) is 0 Å². The van der Waals surface area contributed by atoms with Crippen LogP contribution in [0.4, 0.5) is 0 Å². The molecule has 1 aliphatic carbocycles. The summed E-state index contributed by atoms with van der Waals surface area (Å²) in [5.74, 6) is -7.31. The van der Waals surface area contributed by atoms with E-state index in [4.69, 9.17) is 0 Å². The van der Waals surface area contributed by atoms with Crippen molar-refractivity contribution in [2.45, 2.75) is 17.5 Å². The summed E-state index contributed by atoms with van der Waals surface area (Å²) in [6, 6.07) is 14.7. The molecule has 2 atom stereocenters. The van der Waals surface area contributed by atoms with Crippen molar-refractivity contribution in [2.75, 3.05) is 0 Å². The molecule has 27 heavy (non-hydrogen) atoms. The Morgan fingerprint density at radius 1 is 0.815 bits per heavy atom. The molecule has 0 saturated heterocycles. The van der Waals surface area contributed by atoms with E-state index in [-0.39, 0.29) is 11.1 Å². The maximum absolute atomic E-state index is 12.7. The smallest absolute Gasteiger partial charge is 0.268 e. The van der Waals surface area contributed by atoms with E-state index < -0.39 is 40.4 Å². The van der Waals surface area contributed by atoms with Crippen molar-refractivity contribution in [2.24, 2.45) is 0 Å². The fraction of sp³-hybridized carbons (Fsp3) is 0.150. The zero-order valence-corrected chi connectivity index (χ0v) is 13.9. The number of aliphatic hydroxyl groups excluding tert-OH is 1. The van der Waals surface area contributed by atoms with Gasteiger partial charge in [-0.15, -0.1) is 0 Å². The molecular formula is C20H16O7. The molecule has 0 fully saturated rings. The lowest BCUT2D eigenvalue weighted by Crippen LogP contribution is -2.68. The van der Waals surface area contributed by atoms with Gasteiger partial charge in [0.15, 0.2) is 5.78 Å². The van der Waals surface area contributed by atoms with Crippen LogP contribution in [-0.4, -0.2) is 55.3 Å². The second kappa shape index (κ2) is 6.64. The summed E-state index contributed by atoms with van der Waals surface area (Å²) < 4.78 is 0. The van der Waals surface area contributed by atoms with E-state index >= 15 is 0 Å². The van der Waals surface area contributed by atoms with Crippen LogP contribution in [0.3, 0.4) is 0 Å². The fourth-order valence-electron chi connectivity index (χ4n) is 2.90. The van der Waals surface area contributed by atoms with Crippen LogP contribution in [0.15, 0.2) is 72.3 Å². The van der Waals surface area contributed by atoms with E-state index in [0.717, 1.165) is 0 Å². The fourth-order valence-corrected chi connectivity index (χ4v) is 2.90. The van der Waals surface area contributed by atoms with Crippen molar-refractivity contribution in [3.63, 3.8) is 0 Å². The maximum atomic E-state index is 12.7. The van der Waals surface area contributed by atoms with Gasteiger partial charge in [-0.05, 0) is 6.08 Å². The number of benzene rings is 2. The maximum Gasteiger partial charge on any atom is 0.268 e. The molecule has 0 aliphatic heterocycles. The molecular weight excluding hydrogens is 352 g/mol. The Bertz CT molecular complexity index is 931. The molecule has 0 radical (unpaired) electrons. The van der Waals surface area contributed by atoms with Gasteiger partial charge in [0.1, 0.15) is 6.10 Å². The molecule has 2 aromatic carbocycles. The predicted molar refractivity (Wildman–Crippen MR) is 92.8 cm³/mol. The first kappa shape index (κ1) is 18.8. The van der Waals surface area contributed by atoms with Crippen molar-refractivity contribution in [3.05, 3.63) is 83.4 Å². The molecule has 0 heterocycles. The van der Waals surface area contributed by atoms with E-state index in [2.05, 4.69) is 0 Å². The Kier molecular flexibility index (Phi) is 4.63. The Hall–Kier alpha value is -2.97. The van der Waals surface area contributed by atoms with E-state index in [0.29, 0.717) is 6.08 Å². The zero-order chi connectivity index (χ0) is 19.8. The lowest BCUT2D eigenvalue weighted by Gasteiger charge is -2.40. The number of Topliss-reactive ketones (excluding diaryl/α,β-unsaturated/α-hetero) is 3. The molecule has 7 heteroatoms. The van der Waals surface area contributed by atoms with Gasteiger partial charge in [-0.1, -0.05) is 60.7 Å². The molecule has 2 aromatic rings. The standard InChI is InChI=1S/C20H16O7/c21-15(12-7-3-1-4-8-12)14-11-19(25,20(26,27)18(24)16(14)22)17(23)13-9-5-2-6-10-13/h1-11,16,22,25-27H. The van der Waals surface area contributed by atoms with Crippen molar-refractivity contribution in [3.8, 4) is 0 Å². The highest BCUT2D eigenvalue weighted by Gasteiger charge is 2.63. The van der Waals surface area contributed by atoms with Gasteiger partial charge in [0, 0.05) is 16.7 Å². The normalized spacial score (nSPS) is 24.2. The molecule has 4 N–H and O–H groups in total. The van der Waals surface area contributed by atoms with Crippen LogP contribution in [-0.2, 0) is 4.79 Å². The molecule has 0 bridgehead atoms. The quantitative estimate of drug-likeness (QED) is 0.442. The Labute approximate surface area is 153 Å². The van der Waals surface area contributed by atoms with Gasteiger partial charge in [-0.2, -0.15) is 0 Å². The minimum Gasteiger partial charge on any atom is -0.380 e. The SMILES string of the molecule is O=C(C1=CC(O)(C(=O)c2ccccc2)C(O)(O)C(=O)C1O)c1ccccc1. The highest BCUT2D eigenvalue weighted by Crippen LogP contribution is 2.36. The summed E-state index contributed by atoms with van der Waals surface area (Å²) in [5, 5.41) is 41.2. The first-order valence-corrected chi connectivity index (χ1v) is 8.02. The van der Waals surface area contributed by atoms with Gasteiger partial charge >= 0.3 is 0 Å². The van der Waals surface area contributed by atoms with Crippen LogP contribution in [0.5, 0.6) is 0 Å². The molecule has 7 nitrogen and oxygen atoms in total. The molecule has 1 aliphatic rings. The first-order valence-electron chi connectivity index (χ1n) is 8.02. The van der Waals surface area contributed by atoms with E-state index in [1.807, 2.05) is 0 Å². The van der Waals surface area contributed by atoms with E-state index in [1.165, 1.54) is 36.4 Å². The largest absolute Gasteiger partial charge is 0.380 e. The Morgan fingerprint density at radius 3 is 1.81 bits per heavy atom. The van der Waals surface area contributed by atoms with Crippen molar-refractivity contribution < 1.29 is 34.8 Å². The van der Waals surface area contributed by atoms with E-state index in [9.17, 15) is 34.8 Å². The van der Waals surface area contributed by atoms with Gasteiger partial charge < -0.3 is 20.4 Å². The first-order chi connectivity index (χ1) is 12.7. The number of hydrogen-bond donors (Lipinski definition) is 4. The summed E-state index contributed by atoms with van der Waals surface area (Å²) in [6.45, 7) is 0. The highest BCUT2D eigenvalue weighted by molar-refractivity contribution is 6.18. The number of ketones is 3. The minimum atomic E-state index is -3.61. The second-order valence-electron chi connectivity index (χ2n) is 6.20. The van der Waals surface area contributed by atoms with Gasteiger partial charge in [-0.3, -0.25) is 14.4 Å². The summed E-state index contributed by atoms with van der Waals surface area (Å²) >= 11 is 0. The van der Waals surface area contributed by atoms with Crippen LogP contribution < -0.4 is 0 Å². The number of aliphatic hydroxyl groups is 4. The molecule has 0 amide bonds. The number of hydrogen-bond acceptors (Lipinski definition) is 7. The molecule has 3 rings (SSSR count). The summed E-state index contributed by atoms with van der Waals surface area (Å²) in [5.41, 5.74) is -3.78. The van der Waals surface area contributed by atoms with Crippen molar-refractivity contribution in [1.82, 2.24) is 0 Å². The number of rotatable bonds is 4. The van der Waals surface area contributed by atoms with Gasteiger partial charge in [0.25, 0.3) is 5.79 Å². The third kappa shape index (κ3) is 2.92. The number of carbonyl (C=O) groups excluding carboxylic acids is 3. The molecule has 0 spiro atoms. The van der Waals surface area contributed by atoms with Crippen molar-refractivity contribution in [1.29, 1.82) is 0 Å². The Morgan fingerprint density at radius 2 is 1.30 bits per heavy atom. The summed E-state index contributed by atoms with van der Waals surface area (Å²) in [4.78, 5) is 37.7. The minimum absolute atomic E-state index is 0.0912. The van der Waals surface area contributed by atoms with Crippen molar-refractivity contribution >= 4 is 17.3 Å². The third-order valence-corrected chi connectivity index (χ3v) is 4.46. The second-order valence-corrected chi connectivity index (χ2v) is 6.20. The highest BCUT2D eigenvalue weighted by atomic mass is 16.5. The van der Waals surface area contributed by atoms with Gasteiger partial charge in [-0.25, -0.2) is 0 Å². The van der Waals surface area contributed by atoms with Gasteiger partial charge in [0.2, 0.25) is 17.2 Å². The third-order valence-electron chi connectivity index (χ3n) is 4.46. The lowest BCUT2D eigenvalue weighted by molar-refractivity contribution is -0.236. The molecule has 0 aromatic heterocycles. The van der Waals surface area contributed by atoms with Crippen LogP contribution in [0, 0.1) is 0 Å². The summed E-state index contributed by atoms with van der Waals surface area (Å²) in [6.07, 6.45) is -1.67. The van der Waals surface area contributed by atoms with Crippen LogP contribution in [0.1, 0.15) is 20.7 Å². The van der Waals surface area contributed by atoms with Crippen LogP contribution in [0.25, 0.3) is 0 Å². The average Bonchev–Trinajstić information content (AvgIpc) is 2.69. The number of carbonyl (C=O) groups is 3. The molecule has 138 valence electrons. The Balaban J connectivity index is 2.16. The topological polar surface area (TPSA) is 132 Å². The zero-order valence-electron chi connectivity index (χ0n) is 13.9. The summed E-state index contributed by atoms with van der Waals surface area (Å²) in [7, 11) is 0. The predicted octanol–water partition coefficient (Wildman–Crippen LogP) is 0.0342. The van der Waals surface area contributed by atoms with Gasteiger partial charge in [0.05, 0.1) is 0 Å². The monoisotopic (exact) mass is 368 g/mol.